The molecule has 0 atom stereocenters. The van der Waals surface area contributed by atoms with Gasteiger partial charge in [0.2, 0.25) is 0 Å². The SMILES string of the molecule is CN=C1NCc2ccc(C(=O)O)cc21. The molecule has 0 unspecified atom stereocenters. The summed E-state index contributed by atoms with van der Waals surface area (Å²) in [6, 6.07) is 5.09. The van der Waals surface area contributed by atoms with Crippen LogP contribution in [0.25, 0.3) is 0 Å². The minimum atomic E-state index is -0.907. The number of fused-ring (bicyclic) bond motifs is 1. The van der Waals surface area contributed by atoms with E-state index < -0.39 is 5.97 Å². The Morgan fingerprint density at radius 3 is 3.00 bits per heavy atom. The Balaban J connectivity index is 2.53. The van der Waals surface area contributed by atoms with Crippen molar-refractivity contribution in [3.8, 4) is 0 Å². The first-order chi connectivity index (χ1) is 6.72. The van der Waals surface area contributed by atoms with E-state index in [-0.39, 0.29) is 0 Å². The molecular weight excluding hydrogens is 180 g/mol. The molecule has 0 saturated heterocycles. The van der Waals surface area contributed by atoms with E-state index >= 15 is 0 Å². The van der Waals surface area contributed by atoms with Crippen LogP contribution in [0.5, 0.6) is 0 Å². The largest absolute Gasteiger partial charge is 0.478 e. The third kappa shape index (κ3) is 1.25. The number of hydrogen-bond donors (Lipinski definition) is 2. The van der Waals surface area contributed by atoms with Crippen molar-refractivity contribution < 1.29 is 9.90 Å². The molecule has 1 aromatic carbocycles. The second-order valence-corrected chi connectivity index (χ2v) is 3.10. The van der Waals surface area contributed by atoms with Gasteiger partial charge in [0.05, 0.1) is 5.56 Å². The Hall–Kier alpha value is -1.84. The topological polar surface area (TPSA) is 61.7 Å². The fourth-order valence-electron chi connectivity index (χ4n) is 1.56. The number of benzene rings is 1. The molecule has 0 spiro atoms. The number of aliphatic imine (C=N–C) groups is 1. The van der Waals surface area contributed by atoms with Crippen molar-refractivity contribution in [2.24, 2.45) is 4.99 Å². The monoisotopic (exact) mass is 190 g/mol. The van der Waals surface area contributed by atoms with Gasteiger partial charge in [0.1, 0.15) is 5.84 Å². The maximum absolute atomic E-state index is 10.7. The van der Waals surface area contributed by atoms with E-state index in [9.17, 15) is 4.79 Å². The first-order valence-electron chi connectivity index (χ1n) is 4.29. The van der Waals surface area contributed by atoms with E-state index in [0.717, 1.165) is 23.5 Å². The van der Waals surface area contributed by atoms with E-state index in [0.29, 0.717) is 5.56 Å². The number of carbonyl (C=O) groups is 1. The molecule has 0 fully saturated rings. The fourth-order valence-corrected chi connectivity index (χ4v) is 1.56. The maximum Gasteiger partial charge on any atom is 0.335 e. The molecule has 0 amide bonds. The first-order valence-corrected chi connectivity index (χ1v) is 4.29. The molecule has 2 N–H and O–H groups in total. The van der Waals surface area contributed by atoms with Gasteiger partial charge in [-0.2, -0.15) is 0 Å². The van der Waals surface area contributed by atoms with Crippen molar-refractivity contribution >= 4 is 11.8 Å². The molecular formula is C10H10N2O2. The van der Waals surface area contributed by atoms with Gasteiger partial charge in [-0.1, -0.05) is 6.07 Å². The number of hydrogen-bond acceptors (Lipinski definition) is 2. The number of carboxylic acid groups (broad SMARTS) is 1. The number of aromatic carboxylic acids is 1. The molecule has 0 bridgehead atoms. The molecule has 1 heterocycles. The van der Waals surface area contributed by atoms with Crippen LogP contribution >= 0.6 is 0 Å². The highest BCUT2D eigenvalue weighted by molar-refractivity contribution is 6.04. The summed E-state index contributed by atoms with van der Waals surface area (Å²) in [6.45, 7) is 0.724. The molecule has 4 nitrogen and oxygen atoms in total. The molecule has 1 aromatic rings. The second kappa shape index (κ2) is 3.14. The van der Waals surface area contributed by atoms with Gasteiger partial charge in [0, 0.05) is 19.2 Å². The van der Waals surface area contributed by atoms with Crippen LogP contribution in [0.4, 0.5) is 0 Å². The zero-order chi connectivity index (χ0) is 10.1. The highest BCUT2D eigenvalue weighted by Crippen LogP contribution is 2.17. The molecule has 1 aliphatic rings. The van der Waals surface area contributed by atoms with Crippen molar-refractivity contribution in [1.82, 2.24) is 5.32 Å². The lowest BCUT2D eigenvalue weighted by Gasteiger charge is -1.99. The van der Waals surface area contributed by atoms with Crippen molar-refractivity contribution in [2.45, 2.75) is 6.54 Å². The number of amidine groups is 1. The van der Waals surface area contributed by atoms with Crippen LogP contribution in [-0.2, 0) is 6.54 Å². The molecule has 4 heteroatoms. The molecule has 0 aliphatic carbocycles. The lowest BCUT2D eigenvalue weighted by atomic mass is 10.1. The second-order valence-electron chi connectivity index (χ2n) is 3.10. The van der Waals surface area contributed by atoms with Crippen LogP contribution in [0.2, 0.25) is 0 Å². The molecule has 14 heavy (non-hydrogen) atoms. The Bertz CT molecular complexity index is 424. The van der Waals surface area contributed by atoms with Gasteiger partial charge in [-0.25, -0.2) is 4.79 Å². The predicted octanol–water partition coefficient (Wildman–Crippen LogP) is 0.864. The van der Waals surface area contributed by atoms with E-state index in [4.69, 9.17) is 5.11 Å². The third-order valence-electron chi connectivity index (χ3n) is 2.28. The van der Waals surface area contributed by atoms with E-state index in [1.165, 1.54) is 0 Å². The summed E-state index contributed by atoms with van der Waals surface area (Å²) in [5, 5.41) is 11.9. The van der Waals surface area contributed by atoms with Crippen LogP contribution in [-0.4, -0.2) is 24.0 Å². The summed E-state index contributed by atoms with van der Waals surface area (Å²) in [5.74, 6) is -0.141. The van der Waals surface area contributed by atoms with Crippen molar-refractivity contribution in [3.05, 3.63) is 34.9 Å². The molecule has 1 aliphatic heterocycles. The van der Waals surface area contributed by atoms with E-state index in [2.05, 4.69) is 10.3 Å². The van der Waals surface area contributed by atoms with Crippen molar-refractivity contribution in [2.75, 3.05) is 7.05 Å². The Morgan fingerprint density at radius 2 is 2.36 bits per heavy atom. The normalized spacial score (nSPS) is 16.5. The summed E-state index contributed by atoms with van der Waals surface area (Å²) < 4.78 is 0. The summed E-state index contributed by atoms with van der Waals surface area (Å²) in [6.07, 6.45) is 0. The zero-order valence-electron chi connectivity index (χ0n) is 7.74. The Morgan fingerprint density at radius 1 is 1.57 bits per heavy atom. The number of nitrogens with one attached hydrogen (secondary N) is 1. The predicted molar refractivity (Wildman–Crippen MR) is 52.7 cm³/mol. The molecule has 72 valence electrons. The molecule has 0 saturated carbocycles. The summed E-state index contributed by atoms with van der Waals surface area (Å²) in [4.78, 5) is 14.8. The van der Waals surface area contributed by atoms with Gasteiger partial charge in [0.25, 0.3) is 0 Å². The van der Waals surface area contributed by atoms with Crippen LogP contribution in [0.1, 0.15) is 21.5 Å². The van der Waals surface area contributed by atoms with Gasteiger partial charge >= 0.3 is 5.97 Å². The minimum absolute atomic E-state index is 0.300. The molecule has 2 rings (SSSR count). The zero-order valence-corrected chi connectivity index (χ0v) is 7.74. The van der Waals surface area contributed by atoms with Gasteiger partial charge in [0.15, 0.2) is 0 Å². The maximum atomic E-state index is 10.7. The summed E-state index contributed by atoms with van der Waals surface area (Å²) in [5.41, 5.74) is 2.29. The Labute approximate surface area is 81.3 Å². The van der Waals surface area contributed by atoms with Crippen molar-refractivity contribution in [3.63, 3.8) is 0 Å². The van der Waals surface area contributed by atoms with Gasteiger partial charge in [-0.05, 0) is 17.7 Å². The first kappa shape index (κ1) is 8.74. The van der Waals surface area contributed by atoms with Gasteiger partial charge in [-0.15, -0.1) is 0 Å². The smallest absolute Gasteiger partial charge is 0.335 e. The molecule has 0 radical (unpaired) electrons. The summed E-state index contributed by atoms with van der Waals surface area (Å²) >= 11 is 0. The number of nitrogens with zero attached hydrogens (tertiary/aromatic N) is 1. The third-order valence-corrected chi connectivity index (χ3v) is 2.28. The summed E-state index contributed by atoms with van der Waals surface area (Å²) in [7, 11) is 1.69. The number of rotatable bonds is 1. The molecule has 0 aromatic heterocycles. The quantitative estimate of drug-likeness (QED) is 0.690. The van der Waals surface area contributed by atoms with Gasteiger partial charge < -0.3 is 10.4 Å². The van der Waals surface area contributed by atoms with Crippen LogP contribution < -0.4 is 5.32 Å². The lowest BCUT2D eigenvalue weighted by molar-refractivity contribution is 0.0697. The average molecular weight is 190 g/mol. The van der Waals surface area contributed by atoms with Crippen molar-refractivity contribution in [1.29, 1.82) is 0 Å². The minimum Gasteiger partial charge on any atom is -0.478 e. The van der Waals surface area contributed by atoms with Crippen LogP contribution in [0.3, 0.4) is 0 Å². The highest BCUT2D eigenvalue weighted by atomic mass is 16.4. The standard InChI is InChI=1S/C10H10N2O2/c1-11-9-8-4-6(10(13)14)2-3-7(8)5-12-9/h2-4H,5H2,1H3,(H,11,12)(H,13,14). The Kier molecular flexibility index (Phi) is 1.96. The van der Waals surface area contributed by atoms with E-state index in [1.54, 1.807) is 19.2 Å². The van der Waals surface area contributed by atoms with E-state index in [1.807, 2.05) is 6.07 Å². The lowest BCUT2D eigenvalue weighted by Crippen LogP contribution is -2.14. The highest BCUT2D eigenvalue weighted by Gasteiger charge is 2.17. The fraction of sp³-hybridized carbons (Fsp3) is 0.200. The average Bonchev–Trinajstić information content (AvgIpc) is 2.59. The number of carboxylic acids is 1. The van der Waals surface area contributed by atoms with Gasteiger partial charge in [-0.3, -0.25) is 4.99 Å². The van der Waals surface area contributed by atoms with Crippen LogP contribution in [0, 0.1) is 0 Å². The van der Waals surface area contributed by atoms with Crippen LogP contribution in [0.15, 0.2) is 23.2 Å².